The highest BCUT2D eigenvalue weighted by Crippen LogP contribution is 2.34. The van der Waals surface area contributed by atoms with Crippen molar-refractivity contribution in [3.63, 3.8) is 0 Å². The van der Waals surface area contributed by atoms with E-state index in [1.165, 1.54) is 4.90 Å². The van der Waals surface area contributed by atoms with Gasteiger partial charge in [0.15, 0.2) is 6.61 Å². The molecule has 1 heterocycles. The number of hydrogen-bond acceptors (Lipinski definition) is 4. The number of carbonyl (C=O) groups is 2. The number of benzene rings is 1. The number of fused-ring (bicyclic) bond motifs is 1. The van der Waals surface area contributed by atoms with E-state index in [4.69, 9.17) is 10.5 Å². The van der Waals surface area contributed by atoms with Crippen LogP contribution in [0, 0.1) is 5.92 Å². The van der Waals surface area contributed by atoms with Gasteiger partial charge in [0.2, 0.25) is 5.91 Å². The lowest BCUT2D eigenvalue weighted by Crippen LogP contribution is -2.49. The summed E-state index contributed by atoms with van der Waals surface area (Å²) in [4.78, 5) is 25.7. The zero-order valence-electron chi connectivity index (χ0n) is 12.0. The predicted octanol–water partition coefficient (Wildman–Crippen LogP) is 1.03. The topological polar surface area (TPSA) is 84.7 Å². The van der Waals surface area contributed by atoms with Gasteiger partial charge in [0.25, 0.3) is 5.91 Å². The molecule has 118 valence electrons. The summed E-state index contributed by atoms with van der Waals surface area (Å²) in [6, 6.07) is 5.39. The number of anilines is 1. The van der Waals surface area contributed by atoms with Gasteiger partial charge in [-0.2, -0.15) is 0 Å². The first-order valence-corrected chi connectivity index (χ1v) is 8.10. The van der Waals surface area contributed by atoms with Crippen LogP contribution in [0.4, 0.5) is 5.69 Å². The number of nitrogens with zero attached hydrogens (tertiary/aromatic N) is 1. The minimum atomic E-state index is -0.222. The number of nitrogens with one attached hydrogen (secondary N) is 1. The summed E-state index contributed by atoms with van der Waals surface area (Å²) in [5.41, 5.74) is 6.31. The zero-order chi connectivity index (χ0) is 15.7. The quantitative estimate of drug-likeness (QED) is 0.813. The second kappa shape index (κ2) is 6.26. The molecule has 0 saturated heterocycles. The summed E-state index contributed by atoms with van der Waals surface area (Å²) < 4.78 is 6.27. The van der Waals surface area contributed by atoms with Gasteiger partial charge in [0.1, 0.15) is 12.3 Å². The third-order valence-electron chi connectivity index (χ3n) is 3.96. The maximum Gasteiger partial charge on any atom is 0.265 e. The number of carbonyl (C=O) groups excluding carboxylic acids is 2. The van der Waals surface area contributed by atoms with E-state index in [0.29, 0.717) is 23.9 Å². The SMILES string of the molecule is NCC(NC(=O)CN1C(=O)COc2cc(Br)ccc21)C1CC1. The lowest BCUT2D eigenvalue weighted by molar-refractivity contribution is -0.125. The number of nitrogens with two attached hydrogens (primary N) is 1. The molecule has 0 bridgehead atoms. The van der Waals surface area contributed by atoms with Crippen molar-refractivity contribution in [1.29, 1.82) is 0 Å². The van der Waals surface area contributed by atoms with Crippen LogP contribution in [0.2, 0.25) is 0 Å². The van der Waals surface area contributed by atoms with E-state index >= 15 is 0 Å². The van der Waals surface area contributed by atoms with Crippen LogP contribution in [-0.2, 0) is 9.59 Å². The number of halogens is 1. The Balaban J connectivity index is 1.71. The van der Waals surface area contributed by atoms with Crippen molar-refractivity contribution >= 4 is 33.4 Å². The first-order chi connectivity index (χ1) is 10.6. The highest BCUT2D eigenvalue weighted by atomic mass is 79.9. The molecule has 1 aromatic carbocycles. The third kappa shape index (κ3) is 3.25. The van der Waals surface area contributed by atoms with Crippen molar-refractivity contribution in [1.82, 2.24) is 5.32 Å². The fourth-order valence-electron chi connectivity index (χ4n) is 2.62. The summed E-state index contributed by atoms with van der Waals surface area (Å²) >= 11 is 3.36. The van der Waals surface area contributed by atoms with Crippen LogP contribution in [0.5, 0.6) is 5.75 Å². The Labute approximate surface area is 137 Å². The molecule has 3 rings (SSSR count). The minimum Gasteiger partial charge on any atom is -0.482 e. The van der Waals surface area contributed by atoms with E-state index in [0.717, 1.165) is 17.3 Å². The van der Waals surface area contributed by atoms with E-state index in [1.54, 1.807) is 12.1 Å². The van der Waals surface area contributed by atoms with E-state index < -0.39 is 0 Å². The molecule has 22 heavy (non-hydrogen) atoms. The maximum absolute atomic E-state index is 12.2. The predicted molar refractivity (Wildman–Crippen MR) is 85.7 cm³/mol. The molecule has 1 fully saturated rings. The Morgan fingerprint density at radius 1 is 1.50 bits per heavy atom. The number of hydrogen-bond donors (Lipinski definition) is 2. The normalized spacial score (nSPS) is 18.5. The Morgan fingerprint density at radius 3 is 2.95 bits per heavy atom. The van der Waals surface area contributed by atoms with Crippen molar-refractivity contribution in [2.24, 2.45) is 11.7 Å². The molecule has 7 heteroatoms. The van der Waals surface area contributed by atoms with Crippen LogP contribution >= 0.6 is 15.9 Å². The molecule has 1 atom stereocenters. The van der Waals surface area contributed by atoms with Gasteiger partial charge in [0, 0.05) is 17.1 Å². The highest BCUT2D eigenvalue weighted by molar-refractivity contribution is 9.10. The van der Waals surface area contributed by atoms with E-state index in [1.807, 2.05) is 6.07 Å². The first kappa shape index (κ1) is 15.3. The molecule has 0 radical (unpaired) electrons. The summed E-state index contributed by atoms with van der Waals surface area (Å²) in [6.45, 7) is 0.358. The third-order valence-corrected chi connectivity index (χ3v) is 4.45. The molecule has 1 aromatic rings. The summed E-state index contributed by atoms with van der Waals surface area (Å²) in [5, 5.41) is 2.93. The fourth-order valence-corrected chi connectivity index (χ4v) is 2.96. The Bertz CT molecular complexity index is 604. The molecule has 2 aliphatic rings. The molecule has 6 nitrogen and oxygen atoms in total. The van der Waals surface area contributed by atoms with Crippen LogP contribution in [0.15, 0.2) is 22.7 Å². The van der Waals surface area contributed by atoms with Crippen LogP contribution in [-0.4, -0.2) is 37.6 Å². The number of amides is 2. The van der Waals surface area contributed by atoms with Gasteiger partial charge in [-0.15, -0.1) is 0 Å². The monoisotopic (exact) mass is 367 g/mol. The molecule has 1 saturated carbocycles. The Kier molecular flexibility index (Phi) is 4.35. The minimum absolute atomic E-state index is 0.00744. The second-order valence-corrected chi connectivity index (χ2v) is 6.54. The molecule has 0 aromatic heterocycles. The molecular formula is C15H18BrN3O3. The smallest absolute Gasteiger partial charge is 0.265 e. The summed E-state index contributed by atoms with van der Waals surface area (Å²) in [7, 11) is 0. The van der Waals surface area contributed by atoms with Gasteiger partial charge in [-0.05, 0) is 37.0 Å². The van der Waals surface area contributed by atoms with E-state index in [-0.39, 0.29) is 31.0 Å². The van der Waals surface area contributed by atoms with Gasteiger partial charge in [0.05, 0.1) is 5.69 Å². The van der Waals surface area contributed by atoms with Crippen molar-refractivity contribution < 1.29 is 14.3 Å². The highest BCUT2D eigenvalue weighted by Gasteiger charge is 2.33. The summed E-state index contributed by atoms with van der Waals surface area (Å²) in [6.07, 6.45) is 2.21. The molecule has 0 spiro atoms. The Morgan fingerprint density at radius 2 is 2.27 bits per heavy atom. The molecular weight excluding hydrogens is 350 g/mol. The average Bonchev–Trinajstić information content (AvgIpc) is 3.32. The molecule has 2 amide bonds. The van der Waals surface area contributed by atoms with Gasteiger partial charge < -0.3 is 15.8 Å². The van der Waals surface area contributed by atoms with Crippen LogP contribution in [0.1, 0.15) is 12.8 Å². The van der Waals surface area contributed by atoms with Crippen molar-refractivity contribution in [3.8, 4) is 5.75 Å². The fraction of sp³-hybridized carbons (Fsp3) is 0.467. The van der Waals surface area contributed by atoms with Crippen LogP contribution in [0.3, 0.4) is 0 Å². The van der Waals surface area contributed by atoms with Gasteiger partial charge in [-0.1, -0.05) is 15.9 Å². The largest absolute Gasteiger partial charge is 0.482 e. The first-order valence-electron chi connectivity index (χ1n) is 7.30. The standard InChI is InChI=1S/C15H18BrN3O3/c16-10-3-4-12-13(5-10)22-8-15(21)19(12)7-14(20)18-11(6-17)9-1-2-9/h3-5,9,11H,1-2,6-8,17H2,(H,18,20). The van der Waals surface area contributed by atoms with Crippen molar-refractivity contribution in [2.45, 2.75) is 18.9 Å². The zero-order valence-corrected chi connectivity index (χ0v) is 13.6. The molecule has 1 aliphatic heterocycles. The number of rotatable bonds is 5. The van der Waals surface area contributed by atoms with E-state index in [2.05, 4.69) is 21.2 Å². The lowest BCUT2D eigenvalue weighted by Gasteiger charge is -2.29. The Hall–Kier alpha value is -1.60. The average molecular weight is 368 g/mol. The van der Waals surface area contributed by atoms with E-state index in [9.17, 15) is 9.59 Å². The van der Waals surface area contributed by atoms with Crippen LogP contribution < -0.4 is 20.7 Å². The maximum atomic E-state index is 12.2. The second-order valence-electron chi connectivity index (χ2n) is 5.63. The molecule has 1 aliphatic carbocycles. The van der Waals surface area contributed by atoms with Gasteiger partial charge in [-0.25, -0.2) is 0 Å². The summed E-state index contributed by atoms with van der Waals surface area (Å²) in [5.74, 6) is 0.670. The van der Waals surface area contributed by atoms with Gasteiger partial charge >= 0.3 is 0 Å². The lowest BCUT2D eigenvalue weighted by atomic mass is 10.2. The van der Waals surface area contributed by atoms with Crippen molar-refractivity contribution in [3.05, 3.63) is 22.7 Å². The van der Waals surface area contributed by atoms with Crippen LogP contribution in [0.25, 0.3) is 0 Å². The van der Waals surface area contributed by atoms with Crippen molar-refractivity contribution in [2.75, 3.05) is 24.6 Å². The molecule has 3 N–H and O–H groups in total. The van der Waals surface area contributed by atoms with Gasteiger partial charge in [-0.3, -0.25) is 14.5 Å². The number of ether oxygens (including phenoxy) is 1. The molecule has 1 unspecified atom stereocenters.